The van der Waals surface area contributed by atoms with E-state index in [1.165, 1.54) is 18.3 Å². The average molecular weight is 325 g/mol. The largest absolute Gasteiger partial charge is 0.476 e. The summed E-state index contributed by atoms with van der Waals surface area (Å²) in [5.74, 6) is -2.03. The van der Waals surface area contributed by atoms with Gasteiger partial charge in [-0.1, -0.05) is 0 Å². The quantitative estimate of drug-likeness (QED) is 0.878. The number of nitrogen functional groups attached to an aromatic ring is 1. The Morgan fingerprint density at radius 1 is 1.58 bits per heavy atom. The Kier molecular flexibility index (Phi) is 3.23. The number of nitrogens with two attached hydrogens (primary N) is 1. The molecule has 0 atom stereocenters. The molecule has 0 aliphatic carbocycles. The molecule has 0 unspecified atom stereocenters. The molecule has 19 heavy (non-hydrogen) atoms. The van der Waals surface area contributed by atoms with Crippen molar-refractivity contribution in [2.24, 2.45) is 0 Å². The summed E-state index contributed by atoms with van der Waals surface area (Å²) in [6.07, 6.45) is 1.19. The molecule has 0 saturated heterocycles. The molecule has 96 valence electrons. The van der Waals surface area contributed by atoms with Crippen molar-refractivity contribution in [3.8, 4) is 11.8 Å². The maximum atomic E-state index is 14.0. The zero-order valence-corrected chi connectivity index (χ0v) is 10.8. The fourth-order valence-corrected chi connectivity index (χ4v) is 1.90. The lowest BCUT2D eigenvalue weighted by molar-refractivity contribution is 0.0691. The molecule has 0 radical (unpaired) electrons. The maximum Gasteiger partial charge on any atom is 0.358 e. The molecule has 0 amide bonds. The van der Waals surface area contributed by atoms with Gasteiger partial charge in [-0.15, -0.1) is 0 Å². The Balaban J connectivity index is 2.61. The number of nitriles is 1. The van der Waals surface area contributed by atoms with E-state index in [9.17, 15) is 9.18 Å². The molecular weight excluding hydrogens is 319 g/mol. The van der Waals surface area contributed by atoms with E-state index in [-0.39, 0.29) is 27.1 Å². The number of carboxylic acid groups (broad SMARTS) is 1. The van der Waals surface area contributed by atoms with Crippen molar-refractivity contribution < 1.29 is 14.3 Å². The summed E-state index contributed by atoms with van der Waals surface area (Å²) >= 11 is 2.96. The van der Waals surface area contributed by atoms with Crippen molar-refractivity contribution in [2.45, 2.75) is 0 Å². The molecule has 2 rings (SSSR count). The van der Waals surface area contributed by atoms with Crippen LogP contribution < -0.4 is 5.73 Å². The van der Waals surface area contributed by atoms with E-state index in [4.69, 9.17) is 16.1 Å². The number of benzene rings is 1. The van der Waals surface area contributed by atoms with Gasteiger partial charge in [0.05, 0.1) is 21.9 Å². The van der Waals surface area contributed by atoms with Gasteiger partial charge < -0.3 is 10.8 Å². The normalized spacial score (nSPS) is 10.2. The lowest BCUT2D eigenvalue weighted by Gasteiger charge is -2.05. The van der Waals surface area contributed by atoms with Gasteiger partial charge in [0.25, 0.3) is 0 Å². The smallest absolute Gasteiger partial charge is 0.358 e. The minimum atomic E-state index is -1.30. The minimum absolute atomic E-state index is 0.00919. The number of rotatable bonds is 2. The Bertz CT molecular complexity index is 720. The Morgan fingerprint density at radius 2 is 2.26 bits per heavy atom. The Labute approximate surface area is 115 Å². The first-order chi connectivity index (χ1) is 8.95. The fraction of sp³-hybridized carbons (Fsp3) is 0. The van der Waals surface area contributed by atoms with Crippen LogP contribution in [0, 0.1) is 17.1 Å². The summed E-state index contributed by atoms with van der Waals surface area (Å²) in [6, 6.07) is 4.52. The number of hydrogen-bond acceptors (Lipinski definition) is 4. The number of carbonyl (C=O) groups is 1. The predicted molar refractivity (Wildman–Crippen MR) is 67.3 cm³/mol. The fourth-order valence-electron chi connectivity index (χ4n) is 1.48. The van der Waals surface area contributed by atoms with E-state index >= 15 is 0 Å². The van der Waals surface area contributed by atoms with Crippen molar-refractivity contribution >= 4 is 27.6 Å². The van der Waals surface area contributed by atoms with E-state index in [0.29, 0.717) is 0 Å². The van der Waals surface area contributed by atoms with Crippen LogP contribution in [-0.4, -0.2) is 20.9 Å². The molecule has 0 bridgehead atoms. The van der Waals surface area contributed by atoms with Crippen LogP contribution in [0.4, 0.5) is 10.1 Å². The molecule has 3 N–H and O–H groups in total. The zero-order chi connectivity index (χ0) is 14.2. The van der Waals surface area contributed by atoms with Gasteiger partial charge in [0.1, 0.15) is 11.8 Å². The number of hydrogen-bond donors (Lipinski definition) is 2. The molecular formula is C11H6BrFN4O2. The SMILES string of the molecule is N#Cc1ccc(-n2cc(N)c(C(=O)O)n2)c(F)c1Br. The molecule has 0 spiro atoms. The molecule has 1 aromatic carbocycles. The average Bonchev–Trinajstić information content (AvgIpc) is 2.74. The van der Waals surface area contributed by atoms with Crippen molar-refractivity contribution in [1.29, 1.82) is 5.26 Å². The van der Waals surface area contributed by atoms with Gasteiger partial charge in [-0.2, -0.15) is 10.4 Å². The van der Waals surface area contributed by atoms with Gasteiger partial charge in [-0.05, 0) is 28.1 Å². The first-order valence-electron chi connectivity index (χ1n) is 4.92. The third-order valence-electron chi connectivity index (χ3n) is 2.37. The molecule has 2 aromatic rings. The molecule has 1 heterocycles. The second kappa shape index (κ2) is 4.70. The van der Waals surface area contributed by atoms with Crippen LogP contribution in [-0.2, 0) is 0 Å². The number of aromatic nitrogens is 2. The van der Waals surface area contributed by atoms with Crippen molar-refractivity contribution in [3.63, 3.8) is 0 Å². The molecule has 1 aromatic heterocycles. The van der Waals surface area contributed by atoms with Crippen LogP contribution in [0.2, 0.25) is 0 Å². The van der Waals surface area contributed by atoms with Gasteiger partial charge in [0.15, 0.2) is 11.5 Å². The van der Waals surface area contributed by atoms with Gasteiger partial charge in [0.2, 0.25) is 0 Å². The second-order valence-corrected chi connectivity index (χ2v) is 4.35. The van der Waals surface area contributed by atoms with E-state index in [1.54, 1.807) is 0 Å². The molecule has 0 fully saturated rings. The predicted octanol–water partition coefficient (Wildman–Crippen LogP) is 1.93. The first-order valence-corrected chi connectivity index (χ1v) is 5.72. The van der Waals surface area contributed by atoms with Crippen LogP contribution in [0.25, 0.3) is 5.69 Å². The highest BCUT2D eigenvalue weighted by atomic mass is 79.9. The van der Waals surface area contributed by atoms with Gasteiger partial charge in [0, 0.05) is 0 Å². The van der Waals surface area contributed by atoms with E-state index < -0.39 is 11.8 Å². The minimum Gasteiger partial charge on any atom is -0.476 e. The number of aromatic carboxylic acids is 1. The highest BCUT2D eigenvalue weighted by Gasteiger charge is 2.18. The van der Waals surface area contributed by atoms with Crippen LogP contribution in [0.5, 0.6) is 0 Å². The van der Waals surface area contributed by atoms with Crippen LogP contribution in [0.15, 0.2) is 22.8 Å². The monoisotopic (exact) mass is 324 g/mol. The third kappa shape index (κ3) is 2.15. The van der Waals surface area contributed by atoms with Gasteiger partial charge >= 0.3 is 5.97 Å². The van der Waals surface area contributed by atoms with E-state index in [1.807, 2.05) is 6.07 Å². The summed E-state index contributed by atoms with van der Waals surface area (Å²) in [5.41, 5.74) is 5.15. The molecule has 8 heteroatoms. The van der Waals surface area contributed by atoms with Crippen LogP contribution in [0.1, 0.15) is 16.1 Å². The summed E-state index contributed by atoms with van der Waals surface area (Å²) < 4.78 is 15.0. The molecule has 0 saturated carbocycles. The number of anilines is 1. The Morgan fingerprint density at radius 3 is 2.79 bits per heavy atom. The lowest BCUT2D eigenvalue weighted by Crippen LogP contribution is -2.04. The van der Waals surface area contributed by atoms with E-state index in [0.717, 1.165) is 4.68 Å². The number of nitrogens with zero attached hydrogens (tertiary/aromatic N) is 3. The summed E-state index contributed by atoms with van der Waals surface area (Å²) in [6.45, 7) is 0. The van der Waals surface area contributed by atoms with Crippen molar-refractivity contribution in [1.82, 2.24) is 9.78 Å². The molecule has 0 aliphatic heterocycles. The zero-order valence-electron chi connectivity index (χ0n) is 9.26. The first kappa shape index (κ1) is 13.0. The summed E-state index contributed by atoms with van der Waals surface area (Å²) in [4.78, 5) is 10.8. The van der Waals surface area contributed by atoms with E-state index in [2.05, 4.69) is 21.0 Å². The third-order valence-corrected chi connectivity index (χ3v) is 3.15. The standard InChI is InChI=1S/C11H6BrFN4O2/c12-8-5(3-14)1-2-7(9(8)13)17-4-6(15)10(16-17)11(18)19/h1-2,4H,15H2,(H,18,19). The van der Waals surface area contributed by atoms with Crippen molar-refractivity contribution in [3.05, 3.63) is 39.9 Å². The van der Waals surface area contributed by atoms with Gasteiger partial charge in [-0.25, -0.2) is 13.9 Å². The van der Waals surface area contributed by atoms with Gasteiger partial charge in [-0.3, -0.25) is 0 Å². The summed E-state index contributed by atoms with van der Waals surface area (Å²) in [7, 11) is 0. The lowest BCUT2D eigenvalue weighted by atomic mass is 10.2. The summed E-state index contributed by atoms with van der Waals surface area (Å²) in [5, 5.41) is 21.3. The van der Waals surface area contributed by atoms with Crippen LogP contribution >= 0.6 is 15.9 Å². The molecule has 0 aliphatic rings. The highest BCUT2D eigenvalue weighted by molar-refractivity contribution is 9.10. The number of carboxylic acids is 1. The maximum absolute atomic E-state index is 14.0. The molecule has 6 nitrogen and oxygen atoms in total. The topological polar surface area (TPSA) is 105 Å². The highest BCUT2D eigenvalue weighted by Crippen LogP contribution is 2.26. The Hall–Kier alpha value is -2.40. The van der Waals surface area contributed by atoms with Crippen LogP contribution in [0.3, 0.4) is 0 Å². The number of halogens is 2. The second-order valence-electron chi connectivity index (χ2n) is 3.55. The van der Waals surface area contributed by atoms with Crippen molar-refractivity contribution in [2.75, 3.05) is 5.73 Å².